The van der Waals surface area contributed by atoms with Crippen LogP contribution in [0.5, 0.6) is 11.5 Å². The zero-order chi connectivity index (χ0) is 23.3. The van der Waals surface area contributed by atoms with E-state index < -0.39 is 17.7 Å². The Morgan fingerprint density at radius 3 is 2.38 bits per heavy atom. The first-order valence-electron chi connectivity index (χ1n) is 11.1. The first-order valence-corrected chi connectivity index (χ1v) is 11.1. The fraction of sp³-hybridized carbons (Fsp3) is 0.385. The Kier molecular flexibility index (Phi) is 7.57. The Hall–Kier alpha value is -3.28. The number of hydrogen-bond donors (Lipinski definition) is 1. The number of amides is 1. The van der Waals surface area contributed by atoms with Crippen molar-refractivity contribution >= 4 is 17.4 Å². The zero-order valence-corrected chi connectivity index (χ0v) is 19.1. The molecule has 3 rings (SSSR count). The molecular formula is C26H31NO5. The first-order chi connectivity index (χ1) is 15.4. The van der Waals surface area contributed by atoms with Crippen molar-refractivity contribution in [2.24, 2.45) is 5.92 Å². The molecule has 1 saturated heterocycles. The molecule has 1 atom stereocenters. The standard InChI is InChI=1S/C26H31NO5/c1-5-13-27-23(18-9-7-12-21(14-18)32-16-17(3)4)22(25(29)26(27)30)24(28)19-10-8-11-20(15-19)31-6-2/h7-12,14-15,17,23,28H,5-6,13,16H2,1-4H3/b24-22-. The van der Waals surface area contributed by atoms with Crippen LogP contribution in [0.4, 0.5) is 0 Å². The van der Waals surface area contributed by atoms with Gasteiger partial charge in [-0.15, -0.1) is 0 Å². The van der Waals surface area contributed by atoms with Gasteiger partial charge < -0.3 is 19.5 Å². The molecule has 2 aromatic rings. The third-order valence-electron chi connectivity index (χ3n) is 5.18. The number of aliphatic hydroxyl groups is 1. The second-order valence-electron chi connectivity index (χ2n) is 8.23. The molecule has 1 N–H and O–H groups in total. The highest BCUT2D eigenvalue weighted by Gasteiger charge is 2.45. The van der Waals surface area contributed by atoms with Crippen LogP contribution in [0.25, 0.3) is 5.76 Å². The van der Waals surface area contributed by atoms with Crippen LogP contribution < -0.4 is 9.47 Å². The highest BCUT2D eigenvalue weighted by Crippen LogP contribution is 2.40. The van der Waals surface area contributed by atoms with Crippen molar-refractivity contribution < 1.29 is 24.2 Å². The summed E-state index contributed by atoms with van der Waals surface area (Å²) >= 11 is 0. The molecule has 32 heavy (non-hydrogen) atoms. The van der Waals surface area contributed by atoms with Gasteiger partial charge in [0.2, 0.25) is 0 Å². The molecule has 1 amide bonds. The van der Waals surface area contributed by atoms with Crippen molar-refractivity contribution in [1.29, 1.82) is 0 Å². The average Bonchev–Trinajstić information content (AvgIpc) is 3.03. The van der Waals surface area contributed by atoms with E-state index in [9.17, 15) is 14.7 Å². The Morgan fingerprint density at radius 2 is 1.72 bits per heavy atom. The third kappa shape index (κ3) is 4.96. The van der Waals surface area contributed by atoms with E-state index in [4.69, 9.17) is 9.47 Å². The molecule has 2 aromatic carbocycles. The second kappa shape index (κ2) is 10.4. The van der Waals surface area contributed by atoms with Gasteiger partial charge in [0.1, 0.15) is 17.3 Å². The summed E-state index contributed by atoms with van der Waals surface area (Å²) in [5.41, 5.74) is 1.24. The molecule has 6 heteroatoms. The van der Waals surface area contributed by atoms with Crippen LogP contribution in [0.2, 0.25) is 0 Å². The maximum atomic E-state index is 13.0. The molecule has 170 valence electrons. The molecule has 0 spiro atoms. The van der Waals surface area contributed by atoms with Crippen molar-refractivity contribution in [2.45, 2.75) is 40.2 Å². The van der Waals surface area contributed by atoms with Gasteiger partial charge in [0.15, 0.2) is 0 Å². The van der Waals surface area contributed by atoms with Gasteiger partial charge in [0, 0.05) is 12.1 Å². The zero-order valence-electron chi connectivity index (χ0n) is 19.1. The number of hydrogen-bond acceptors (Lipinski definition) is 5. The lowest BCUT2D eigenvalue weighted by Crippen LogP contribution is -2.30. The summed E-state index contributed by atoms with van der Waals surface area (Å²) in [4.78, 5) is 27.4. The summed E-state index contributed by atoms with van der Waals surface area (Å²) in [6, 6.07) is 13.6. The van der Waals surface area contributed by atoms with Crippen molar-refractivity contribution in [3.63, 3.8) is 0 Å². The van der Waals surface area contributed by atoms with Gasteiger partial charge in [0.05, 0.1) is 24.8 Å². The van der Waals surface area contributed by atoms with E-state index in [1.807, 2.05) is 38.1 Å². The molecule has 6 nitrogen and oxygen atoms in total. The van der Waals surface area contributed by atoms with E-state index >= 15 is 0 Å². The fourth-order valence-electron chi connectivity index (χ4n) is 3.79. The largest absolute Gasteiger partial charge is 0.507 e. The quantitative estimate of drug-likeness (QED) is 0.341. The lowest BCUT2D eigenvalue weighted by molar-refractivity contribution is -0.139. The molecule has 0 aliphatic carbocycles. The average molecular weight is 438 g/mol. The van der Waals surface area contributed by atoms with Crippen molar-refractivity contribution in [3.05, 3.63) is 65.2 Å². The first kappa shape index (κ1) is 23.4. The lowest BCUT2D eigenvalue weighted by atomic mass is 9.95. The molecule has 1 unspecified atom stereocenters. The van der Waals surface area contributed by atoms with Crippen molar-refractivity contribution in [1.82, 2.24) is 4.90 Å². The molecule has 0 aromatic heterocycles. The van der Waals surface area contributed by atoms with Crippen LogP contribution in [-0.4, -0.2) is 41.5 Å². The van der Waals surface area contributed by atoms with Crippen LogP contribution in [0.3, 0.4) is 0 Å². The maximum Gasteiger partial charge on any atom is 0.295 e. The number of carbonyl (C=O) groups is 2. The monoisotopic (exact) mass is 437 g/mol. The minimum absolute atomic E-state index is 0.0816. The van der Waals surface area contributed by atoms with Gasteiger partial charge in [-0.3, -0.25) is 9.59 Å². The van der Waals surface area contributed by atoms with Crippen LogP contribution in [0.15, 0.2) is 54.1 Å². The Labute approximate surface area is 189 Å². The van der Waals surface area contributed by atoms with Gasteiger partial charge in [-0.25, -0.2) is 0 Å². The van der Waals surface area contributed by atoms with Gasteiger partial charge in [0.25, 0.3) is 11.7 Å². The lowest BCUT2D eigenvalue weighted by Gasteiger charge is -2.25. The van der Waals surface area contributed by atoms with Crippen LogP contribution >= 0.6 is 0 Å². The summed E-state index contributed by atoms with van der Waals surface area (Å²) in [6.07, 6.45) is 0.687. The summed E-state index contributed by atoms with van der Waals surface area (Å²) in [5, 5.41) is 11.2. The second-order valence-corrected chi connectivity index (χ2v) is 8.23. The van der Waals surface area contributed by atoms with E-state index in [1.54, 1.807) is 24.3 Å². The number of Topliss-reactive ketones (excluding diaryl/α,β-unsaturated/α-hetero) is 1. The summed E-state index contributed by atoms with van der Waals surface area (Å²) in [6.45, 7) is 9.40. The number of rotatable bonds is 9. The topological polar surface area (TPSA) is 76.1 Å². The number of ether oxygens (including phenoxy) is 2. The summed E-state index contributed by atoms with van der Waals surface area (Å²) in [7, 11) is 0. The van der Waals surface area contributed by atoms with E-state index in [-0.39, 0.29) is 11.3 Å². The van der Waals surface area contributed by atoms with Gasteiger partial charge in [-0.1, -0.05) is 45.0 Å². The number of aliphatic hydroxyl groups excluding tert-OH is 1. The highest BCUT2D eigenvalue weighted by molar-refractivity contribution is 6.46. The van der Waals surface area contributed by atoms with E-state index in [0.717, 1.165) is 5.56 Å². The fourth-order valence-corrected chi connectivity index (χ4v) is 3.79. The van der Waals surface area contributed by atoms with Crippen LogP contribution in [0.1, 0.15) is 51.3 Å². The molecule has 1 aliphatic rings. The molecular weight excluding hydrogens is 406 g/mol. The molecule has 1 heterocycles. The van der Waals surface area contributed by atoms with Crippen LogP contribution in [0, 0.1) is 5.92 Å². The SMILES string of the molecule is CCCN1C(=O)C(=O)/C(=C(\O)c2cccc(OCC)c2)C1c1cccc(OCC(C)C)c1. The molecule has 0 bridgehead atoms. The minimum Gasteiger partial charge on any atom is -0.507 e. The Morgan fingerprint density at radius 1 is 1.03 bits per heavy atom. The van der Waals surface area contributed by atoms with E-state index in [2.05, 4.69) is 13.8 Å². The van der Waals surface area contributed by atoms with E-state index in [1.165, 1.54) is 4.90 Å². The number of likely N-dealkylation sites (tertiary alicyclic amines) is 1. The molecule has 0 radical (unpaired) electrons. The normalized spacial score (nSPS) is 17.8. The number of carbonyl (C=O) groups excluding carboxylic acids is 2. The van der Waals surface area contributed by atoms with Crippen molar-refractivity contribution in [3.8, 4) is 11.5 Å². The Balaban J connectivity index is 2.10. The summed E-state index contributed by atoms with van der Waals surface area (Å²) in [5.74, 6) is 0.115. The predicted molar refractivity (Wildman–Crippen MR) is 124 cm³/mol. The minimum atomic E-state index is -0.687. The molecule has 1 aliphatic heterocycles. The van der Waals surface area contributed by atoms with E-state index in [0.29, 0.717) is 49.2 Å². The maximum absolute atomic E-state index is 13.0. The molecule has 1 fully saturated rings. The third-order valence-corrected chi connectivity index (χ3v) is 5.18. The number of benzene rings is 2. The van der Waals surface area contributed by atoms with Crippen molar-refractivity contribution in [2.75, 3.05) is 19.8 Å². The van der Waals surface area contributed by atoms with Gasteiger partial charge in [-0.05, 0) is 49.1 Å². The highest BCUT2D eigenvalue weighted by atomic mass is 16.5. The van der Waals surface area contributed by atoms with Crippen LogP contribution in [-0.2, 0) is 9.59 Å². The number of ketones is 1. The molecule has 0 saturated carbocycles. The Bertz CT molecular complexity index is 1010. The smallest absolute Gasteiger partial charge is 0.295 e. The van der Waals surface area contributed by atoms with Gasteiger partial charge in [-0.2, -0.15) is 0 Å². The van der Waals surface area contributed by atoms with Gasteiger partial charge >= 0.3 is 0 Å². The number of nitrogens with zero attached hydrogens (tertiary/aromatic N) is 1. The predicted octanol–water partition coefficient (Wildman–Crippen LogP) is 4.95. The summed E-state index contributed by atoms with van der Waals surface area (Å²) < 4.78 is 11.4.